The fourth-order valence-corrected chi connectivity index (χ4v) is 3.50. The summed E-state index contributed by atoms with van der Waals surface area (Å²) in [5.74, 6) is 2.12. The van der Waals surface area contributed by atoms with Crippen LogP contribution in [-0.4, -0.2) is 34.6 Å². The summed E-state index contributed by atoms with van der Waals surface area (Å²) >= 11 is 1.59. The number of piperidine rings is 1. The van der Waals surface area contributed by atoms with Crippen LogP contribution >= 0.6 is 11.8 Å². The topological polar surface area (TPSA) is 72.1 Å². The smallest absolute Gasteiger partial charge is 0.287 e. The van der Waals surface area contributed by atoms with Crippen LogP contribution in [-0.2, 0) is 12.8 Å². The number of furan rings is 1. The fourth-order valence-electron chi connectivity index (χ4n) is 2.67. The number of nitrogens with one attached hydrogen (secondary N) is 2. The van der Waals surface area contributed by atoms with Crippen molar-refractivity contribution in [3.8, 4) is 0 Å². The number of carbonyl (C=O) groups excluding carboxylic acids is 1. The number of imidazole rings is 1. The molecule has 1 amide bonds. The molecule has 2 unspecified atom stereocenters. The second-order valence-electron chi connectivity index (χ2n) is 5.93. The minimum absolute atomic E-state index is 0.128. The van der Waals surface area contributed by atoms with E-state index in [0.717, 1.165) is 30.4 Å². The zero-order chi connectivity index (χ0) is 16.2. The predicted molar refractivity (Wildman–Crippen MR) is 89.4 cm³/mol. The number of aryl methyl sites for hydroxylation is 1. The number of carbonyl (C=O) groups is 1. The first-order valence-electron chi connectivity index (χ1n) is 7.84. The Kier molecular flexibility index (Phi) is 5.07. The summed E-state index contributed by atoms with van der Waals surface area (Å²) in [4.78, 5) is 16.6. The van der Waals surface area contributed by atoms with Crippen molar-refractivity contribution in [2.75, 3.05) is 13.1 Å². The fraction of sp³-hybridized carbons (Fsp3) is 0.500. The first kappa shape index (κ1) is 16.1. The summed E-state index contributed by atoms with van der Waals surface area (Å²) < 4.78 is 7.63. The summed E-state index contributed by atoms with van der Waals surface area (Å²) in [7, 11) is 1.95. The van der Waals surface area contributed by atoms with Gasteiger partial charge in [-0.3, -0.25) is 4.79 Å². The van der Waals surface area contributed by atoms with Gasteiger partial charge in [-0.25, -0.2) is 4.98 Å². The van der Waals surface area contributed by atoms with Crippen LogP contribution in [0.15, 0.2) is 34.1 Å². The van der Waals surface area contributed by atoms with Gasteiger partial charge in [0.1, 0.15) is 5.76 Å². The minimum atomic E-state index is -0.128. The number of hydrogen-bond donors (Lipinski definition) is 2. The molecule has 0 bridgehead atoms. The molecule has 3 rings (SSSR count). The highest BCUT2D eigenvalue weighted by Gasteiger charge is 2.24. The molecular formula is C16H22N4O2S. The lowest BCUT2D eigenvalue weighted by molar-refractivity contribution is 0.0884. The van der Waals surface area contributed by atoms with E-state index in [4.69, 9.17) is 4.42 Å². The Hall–Kier alpha value is -1.73. The van der Waals surface area contributed by atoms with Crippen LogP contribution in [0.5, 0.6) is 0 Å². The van der Waals surface area contributed by atoms with Gasteiger partial charge in [0.05, 0.1) is 5.75 Å². The number of rotatable bonds is 5. The van der Waals surface area contributed by atoms with Gasteiger partial charge in [-0.1, -0.05) is 18.7 Å². The van der Waals surface area contributed by atoms with E-state index in [1.807, 2.05) is 23.9 Å². The van der Waals surface area contributed by atoms with Crippen LogP contribution in [0.3, 0.4) is 0 Å². The summed E-state index contributed by atoms with van der Waals surface area (Å²) in [5.41, 5.74) is 0. The van der Waals surface area contributed by atoms with Crippen LogP contribution in [0.1, 0.15) is 29.7 Å². The van der Waals surface area contributed by atoms with Crippen molar-refractivity contribution < 1.29 is 9.21 Å². The molecule has 6 nitrogen and oxygen atoms in total. The van der Waals surface area contributed by atoms with Crippen LogP contribution in [0.25, 0.3) is 0 Å². The van der Waals surface area contributed by atoms with Crippen molar-refractivity contribution in [1.29, 1.82) is 0 Å². The summed E-state index contributed by atoms with van der Waals surface area (Å²) in [5, 5.41) is 7.34. The van der Waals surface area contributed by atoms with Crippen molar-refractivity contribution in [2.45, 2.75) is 30.3 Å². The minimum Gasteiger partial charge on any atom is -0.455 e. The monoisotopic (exact) mass is 334 g/mol. The second-order valence-corrected chi connectivity index (χ2v) is 6.87. The third-order valence-corrected chi connectivity index (χ3v) is 5.19. The van der Waals surface area contributed by atoms with E-state index in [0.29, 0.717) is 17.4 Å². The maximum Gasteiger partial charge on any atom is 0.287 e. The highest BCUT2D eigenvalue weighted by Crippen LogP contribution is 2.22. The number of hydrogen-bond acceptors (Lipinski definition) is 5. The lowest BCUT2D eigenvalue weighted by Gasteiger charge is -2.29. The zero-order valence-corrected chi connectivity index (χ0v) is 14.2. The molecule has 23 heavy (non-hydrogen) atoms. The summed E-state index contributed by atoms with van der Waals surface area (Å²) in [6.45, 7) is 4.03. The number of amides is 1. The van der Waals surface area contributed by atoms with Crippen LogP contribution in [0.2, 0.25) is 0 Å². The Morgan fingerprint density at radius 2 is 2.43 bits per heavy atom. The Morgan fingerprint density at radius 1 is 1.57 bits per heavy atom. The van der Waals surface area contributed by atoms with Gasteiger partial charge >= 0.3 is 0 Å². The van der Waals surface area contributed by atoms with Crippen molar-refractivity contribution in [2.24, 2.45) is 13.0 Å². The van der Waals surface area contributed by atoms with Crippen LogP contribution in [0, 0.1) is 5.92 Å². The average molecular weight is 334 g/mol. The highest BCUT2D eigenvalue weighted by molar-refractivity contribution is 7.98. The molecule has 0 aromatic carbocycles. The zero-order valence-electron chi connectivity index (χ0n) is 13.4. The Morgan fingerprint density at radius 3 is 3.17 bits per heavy atom. The molecule has 1 aliphatic rings. The summed E-state index contributed by atoms with van der Waals surface area (Å²) in [6.07, 6.45) is 4.63. The van der Waals surface area contributed by atoms with Gasteiger partial charge in [0, 0.05) is 25.5 Å². The van der Waals surface area contributed by atoms with Gasteiger partial charge in [0.25, 0.3) is 5.91 Å². The number of thioether (sulfide) groups is 1. The average Bonchev–Trinajstić information content (AvgIpc) is 3.16. The lowest BCUT2D eigenvalue weighted by Crippen LogP contribution is -2.48. The molecule has 124 valence electrons. The van der Waals surface area contributed by atoms with Gasteiger partial charge in [-0.15, -0.1) is 0 Å². The van der Waals surface area contributed by atoms with Gasteiger partial charge in [0.15, 0.2) is 10.9 Å². The molecule has 0 spiro atoms. The van der Waals surface area contributed by atoms with Gasteiger partial charge in [-0.2, -0.15) is 0 Å². The number of nitrogens with zero attached hydrogens (tertiary/aromatic N) is 2. The summed E-state index contributed by atoms with van der Waals surface area (Å²) in [6, 6.07) is 3.81. The Labute approximate surface area is 140 Å². The van der Waals surface area contributed by atoms with E-state index in [1.54, 1.807) is 24.0 Å². The molecule has 1 aliphatic heterocycles. The quantitative estimate of drug-likeness (QED) is 0.819. The molecule has 2 N–H and O–H groups in total. The van der Waals surface area contributed by atoms with E-state index in [2.05, 4.69) is 22.5 Å². The van der Waals surface area contributed by atoms with Crippen molar-refractivity contribution in [1.82, 2.24) is 20.2 Å². The third-order valence-electron chi connectivity index (χ3n) is 4.11. The maximum absolute atomic E-state index is 12.3. The standard InChI is InChI=1S/C16H22N4O2S/c1-11-9-17-6-5-13(11)19-15(21)14-4-3-12(22-14)10-23-16-18-7-8-20(16)2/h3-4,7-8,11,13,17H,5-6,9-10H2,1-2H3,(H,19,21). The molecule has 2 aromatic heterocycles. The van der Waals surface area contributed by atoms with E-state index >= 15 is 0 Å². The van der Waals surface area contributed by atoms with Gasteiger partial charge < -0.3 is 19.6 Å². The highest BCUT2D eigenvalue weighted by atomic mass is 32.2. The molecule has 1 fully saturated rings. The van der Waals surface area contributed by atoms with E-state index in [9.17, 15) is 4.79 Å². The molecule has 1 saturated heterocycles. The molecular weight excluding hydrogens is 312 g/mol. The van der Waals surface area contributed by atoms with Crippen molar-refractivity contribution in [3.63, 3.8) is 0 Å². The molecule has 7 heteroatoms. The third kappa shape index (κ3) is 3.97. The van der Waals surface area contributed by atoms with Crippen molar-refractivity contribution >= 4 is 17.7 Å². The Balaban J connectivity index is 1.55. The Bertz CT molecular complexity index is 667. The molecule has 0 saturated carbocycles. The van der Waals surface area contributed by atoms with E-state index in [1.165, 1.54) is 0 Å². The second kappa shape index (κ2) is 7.23. The lowest BCUT2D eigenvalue weighted by atomic mass is 9.95. The SMILES string of the molecule is CC1CNCCC1NC(=O)c1ccc(CSc2nccn2C)o1. The number of aromatic nitrogens is 2. The van der Waals surface area contributed by atoms with Gasteiger partial charge in [-0.05, 0) is 37.6 Å². The maximum atomic E-state index is 12.3. The first-order valence-corrected chi connectivity index (χ1v) is 8.82. The molecule has 2 atom stereocenters. The van der Waals surface area contributed by atoms with Crippen LogP contribution in [0.4, 0.5) is 0 Å². The van der Waals surface area contributed by atoms with Gasteiger partial charge in [0.2, 0.25) is 0 Å². The molecule has 0 aliphatic carbocycles. The molecule has 3 heterocycles. The largest absolute Gasteiger partial charge is 0.455 e. The molecule has 2 aromatic rings. The molecule has 0 radical (unpaired) electrons. The normalized spacial score (nSPS) is 21.3. The van der Waals surface area contributed by atoms with E-state index in [-0.39, 0.29) is 11.9 Å². The van der Waals surface area contributed by atoms with E-state index < -0.39 is 0 Å². The first-order chi connectivity index (χ1) is 11.1. The van der Waals surface area contributed by atoms with Crippen molar-refractivity contribution in [3.05, 3.63) is 36.0 Å². The van der Waals surface area contributed by atoms with Crippen LogP contribution < -0.4 is 10.6 Å². The predicted octanol–water partition coefficient (Wildman–Crippen LogP) is 2.03.